The van der Waals surface area contributed by atoms with Crippen LogP contribution in [0, 0.1) is 18.3 Å². The monoisotopic (exact) mass is 437 g/mol. The fraction of sp³-hybridized carbons (Fsp3) is 0.444. The molecule has 0 aliphatic heterocycles. The van der Waals surface area contributed by atoms with Gasteiger partial charge in [0.25, 0.3) is 0 Å². The summed E-state index contributed by atoms with van der Waals surface area (Å²) in [6, 6.07) is 4.12. The van der Waals surface area contributed by atoms with Crippen molar-refractivity contribution in [3.05, 3.63) is 63.9 Å². The van der Waals surface area contributed by atoms with Gasteiger partial charge in [0, 0.05) is 6.20 Å². The number of carbonyl (C=O) groups is 1. The quantitative estimate of drug-likeness (QED) is 0.230. The number of pyridine rings is 1. The van der Waals surface area contributed by atoms with Crippen LogP contribution in [0.3, 0.4) is 0 Å². The van der Waals surface area contributed by atoms with Crippen LogP contribution < -0.4 is 5.32 Å². The second-order valence-electron chi connectivity index (χ2n) is 7.15. The van der Waals surface area contributed by atoms with E-state index in [9.17, 15) is 15.2 Å². The predicted molar refractivity (Wildman–Crippen MR) is 135 cm³/mol. The minimum Gasteiger partial charge on any atom is -0.393 e. The summed E-state index contributed by atoms with van der Waals surface area (Å²) in [5.74, 6) is 0.484. The summed E-state index contributed by atoms with van der Waals surface area (Å²) in [6.45, 7) is 14.0. The number of nitriles is 1. The molecule has 0 aromatic carbocycles. The number of nitrogens with one attached hydrogen (secondary N) is 1. The maximum absolute atomic E-state index is 10.7. The third-order valence-electron chi connectivity index (χ3n) is 4.80. The lowest BCUT2D eigenvalue weighted by atomic mass is 9.89. The van der Waals surface area contributed by atoms with Gasteiger partial charge in [-0.15, -0.1) is 0 Å². The van der Waals surface area contributed by atoms with Crippen LogP contribution in [0.15, 0.2) is 52.8 Å². The summed E-state index contributed by atoms with van der Waals surface area (Å²) in [4.78, 5) is 14.9. The molecule has 5 nitrogen and oxygen atoms in total. The average molecular weight is 438 g/mol. The molecule has 0 saturated heterocycles. The molecule has 5 heteroatoms. The van der Waals surface area contributed by atoms with Crippen molar-refractivity contribution in [2.24, 2.45) is 0 Å². The second-order valence-corrected chi connectivity index (χ2v) is 7.15. The molecule has 1 rings (SSSR count). The maximum atomic E-state index is 10.7. The molecule has 174 valence electrons. The largest absolute Gasteiger partial charge is 0.393 e. The molecule has 1 aromatic rings. The van der Waals surface area contributed by atoms with E-state index < -0.39 is 0 Å². The summed E-state index contributed by atoms with van der Waals surface area (Å²) in [5, 5.41) is 22.4. The van der Waals surface area contributed by atoms with Crippen molar-refractivity contribution < 1.29 is 9.90 Å². The Morgan fingerprint density at radius 1 is 1.28 bits per heavy atom. The Kier molecular flexibility index (Phi) is 15.1. The van der Waals surface area contributed by atoms with Gasteiger partial charge in [-0.25, -0.2) is 4.98 Å². The third-order valence-corrected chi connectivity index (χ3v) is 4.80. The third kappa shape index (κ3) is 9.45. The van der Waals surface area contributed by atoms with E-state index in [0.717, 1.165) is 47.1 Å². The number of amides is 1. The number of carbonyl (C=O) groups excluding carboxylic acids is 1. The van der Waals surface area contributed by atoms with Gasteiger partial charge in [0.05, 0.1) is 17.7 Å². The first-order valence-electron chi connectivity index (χ1n) is 11.4. The van der Waals surface area contributed by atoms with Gasteiger partial charge in [0.2, 0.25) is 6.41 Å². The number of anilines is 1. The summed E-state index contributed by atoms with van der Waals surface area (Å²) in [5.41, 5.74) is 5.20. The van der Waals surface area contributed by atoms with Gasteiger partial charge in [-0.3, -0.25) is 4.79 Å². The molecular formula is C27H39N3O2. The molecule has 0 bridgehead atoms. The van der Waals surface area contributed by atoms with Crippen LogP contribution in [0.4, 0.5) is 5.82 Å². The molecule has 32 heavy (non-hydrogen) atoms. The van der Waals surface area contributed by atoms with Gasteiger partial charge in [-0.2, -0.15) is 5.26 Å². The molecule has 0 radical (unpaired) electrons. The van der Waals surface area contributed by atoms with E-state index >= 15 is 0 Å². The van der Waals surface area contributed by atoms with Crippen LogP contribution in [-0.2, 0) is 4.79 Å². The van der Waals surface area contributed by atoms with Gasteiger partial charge in [-0.05, 0) is 80.0 Å². The number of hydrogen-bond acceptors (Lipinski definition) is 4. The van der Waals surface area contributed by atoms with Crippen molar-refractivity contribution in [1.82, 2.24) is 4.98 Å². The maximum Gasteiger partial charge on any atom is 0.212 e. The van der Waals surface area contributed by atoms with E-state index in [2.05, 4.69) is 23.3 Å². The number of aliphatic hydroxyl groups excluding tert-OH is 1. The lowest BCUT2D eigenvalue weighted by Gasteiger charge is -2.15. The lowest BCUT2D eigenvalue weighted by Crippen LogP contribution is -2.04. The topological polar surface area (TPSA) is 86.0 Å². The highest BCUT2D eigenvalue weighted by Crippen LogP contribution is 2.29. The number of hydrogen-bond donors (Lipinski definition) is 2. The first-order chi connectivity index (χ1) is 15.4. The second kappa shape index (κ2) is 16.7. The molecule has 0 aliphatic carbocycles. The molecule has 2 N–H and O–H groups in total. The van der Waals surface area contributed by atoms with Crippen molar-refractivity contribution >= 4 is 18.3 Å². The summed E-state index contributed by atoms with van der Waals surface area (Å²) < 4.78 is 0. The Morgan fingerprint density at radius 2 is 1.97 bits per heavy atom. The van der Waals surface area contributed by atoms with Crippen LogP contribution in [0.5, 0.6) is 0 Å². The van der Waals surface area contributed by atoms with E-state index in [1.165, 1.54) is 0 Å². The van der Waals surface area contributed by atoms with Gasteiger partial charge < -0.3 is 10.4 Å². The van der Waals surface area contributed by atoms with Crippen LogP contribution in [0.1, 0.15) is 78.4 Å². The number of aryl methyl sites for hydroxylation is 1. The fourth-order valence-corrected chi connectivity index (χ4v) is 3.20. The fourth-order valence-electron chi connectivity index (χ4n) is 3.20. The van der Waals surface area contributed by atoms with Crippen molar-refractivity contribution in [2.75, 3.05) is 5.32 Å². The SMILES string of the molecule is C/C=C(C(\C)=C/CC(O)CCC)/C(=C/c1cnc(NC=O)cc1C)C(/C#N)=C/CC.CC. The molecule has 1 heterocycles. The van der Waals surface area contributed by atoms with Gasteiger partial charge in [-0.1, -0.05) is 52.3 Å². The molecule has 1 unspecified atom stereocenters. The minimum atomic E-state index is -0.360. The molecular weight excluding hydrogens is 398 g/mol. The molecule has 0 aliphatic rings. The lowest BCUT2D eigenvalue weighted by molar-refractivity contribution is -0.105. The summed E-state index contributed by atoms with van der Waals surface area (Å²) in [7, 11) is 0. The van der Waals surface area contributed by atoms with E-state index in [1.807, 2.05) is 65.8 Å². The summed E-state index contributed by atoms with van der Waals surface area (Å²) >= 11 is 0. The van der Waals surface area contributed by atoms with Crippen LogP contribution in [0.25, 0.3) is 6.08 Å². The zero-order chi connectivity index (χ0) is 24.5. The number of aliphatic hydroxyl groups is 1. The molecule has 1 aromatic heterocycles. The van der Waals surface area contributed by atoms with E-state index in [0.29, 0.717) is 24.2 Å². The Morgan fingerprint density at radius 3 is 2.47 bits per heavy atom. The Hall–Kier alpha value is -2.97. The number of rotatable bonds is 11. The van der Waals surface area contributed by atoms with Crippen LogP contribution in [0.2, 0.25) is 0 Å². The molecule has 1 amide bonds. The van der Waals surface area contributed by atoms with Crippen molar-refractivity contribution in [2.45, 2.75) is 80.3 Å². The van der Waals surface area contributed by atoms with Crippen molar-refractivity contribution in [3.63, 3.8) is 0 Å². The van der Waals surface area contributed by atoms with Gasteiger partial charge >= 0.3 is 0 Å². The Labute approximate surface area is 194 Å². The highest BCUT2D eigenvalue weighted by Gasteiger charge is 2.14. The average Bonchev–Trinajstić information content (AvgIpc) is 2.79. The van der Waals surface area contributed by atoms with Gasteiger partial charge in [0.15, 0.2) is 0 Å². The summed E-state index contributed by atoms with van der Waals surface area (Å²) in [6.07, 6.45) is 12.9. The minimum absolute atomic E-state index is 0.360. The highest BCUT2D eigenvalue weighted by molar-refractivity contribution is 5.74. The normalized spacial score (nSPS) is 13.6. The zero-order valence-electron chi connectivity index (χ0n) is 20.7. The van der Waals surface area contributed by atoms with E-state index in [-0.39, 0.29) is 6.10 Å². The van der Waals surface area contributed by atoms with Crippen molar-refractivity contribution in [1.29, 1.82) is 5.26 Å². The molecule has 0 fully saturated rings. The Bertz CT molecular complexity index is 887. The van der Waals surface area contributed by atoms with Crippen molar-refractivity contribution in [3.8, 4) is 6.07 Å². The predicted octanol–water partition coefficient (Wildman–Crippen LogP) is 6.67. The standard InChI is InChI=1S/C25H33N3O2.C2H6/c1-6-9-20(15-26)24(14-21-16-27-25(28-17-29)13-19(21)5)23(8-3)18(4)11-12-22(30)10-7-2;1-2/h8-9,11,13-14,16-17,22,30H,6-7,10,12H2,1-5H3,(H,27,28,29);1-2H3/b18-11-,20-9+,23-8+,24-14+;. The molecule has 1 atom stereocenters. The molecule has 0 saturated carbocycles. The van der Waals surface area contributed by atoms with E-state index in [1.54, 1.807) is 12.3 Å². The number of aromatic nitrogens is 1. The Balaban J connectivity index is 0.00000466. The smallest absolute Gasteiger partial charge is 0.212 e. The highest BCUT2D eigenvalue weighted by atomic mass is 16.3. The van der Waals surface area contributed by atoms with Crippen LogP contribution in [-0.4, -0.2) is 22.6 Å². The van der Waals surface area contributed by atoms with Crippen LogP contribution >= 0.6 is 0 Å². The first-order valence-corrected chi connectivity index (χ1v) is 11.4. The zero-order valence-corrected chi connectivity index (χ0v) is 20.7. The van der Waals surface area contributed by atoms with Gasteiger partial charge in [0.1, 0.15) is 5.82 Å². The molecule has 0 spiro atoms. The number of allylic oxidation sites excluding steroid dienone is 6. The first kappa shape index (κ1) is 29.0. The van der Waals surface area contributed by atoms with E-state index in [4.69, 9.17) is 0 Å². The number of nitrogens with zero attached hydrogens (tertiary/aromatic N) is 2.